The maximum absolute atomic E-state index is 13.2. The fourth-order valence-corrected chi connectivity index (χ4v) is 5.65. The van der Waals surface area contributed by atoms with Crippen LogP contribution in [0.25, 0.3) is 0 Å². The molecule has 0 aliphatic carbocycles. The Morgan fingerprint density at radius 1 is 0.951 bits per heavy atom. The number of nitrogens with zero attached hydrogens (tertiary/aromatic N) is 1. The van der Waals surface area contributed by atoms with Gasteiger partial charge in [-0.05, 0) is 66.3 Å². The summed E-state index contributed by atoms with van der Waals surface area (Å²) in [6, 6.07) is 26.1. The number of amides is 2. The molecule has 204 valence electrons. The molecule has 1 fully saturated rings. The lowest BCUT2D eigenvalue weighted by Gasteiger charge is -2.39. The van der Waals surface area contributed by atoms with Crippen molar-refractivity contribution in [1.82, 2.24) is 10.2 Å². The van der Waals surface area contributed by atoms with Gasteiger partial charge in [-0.2, -0.15) is 0 Å². The number of piperidine rings is 1. The van der Waals surface area contributed by atoms with Crippen LogP contribution in [-0.2, 0) is 12.0 Å². The monoisotopic (exact) mass is 543 g/mol. The van der Waals surface area contributed by atoms with E-state index in [4.69, 9.17) is 4.42 Å². The highest BCUT2D eigenvalue weighted by Crippen LogP contribution is 2.44. The van der Waals surface area contributed by atoms with Crippen LogP contribution in [0.3, 0.4) is 0 Å². The molecule has 0 unspecified atom stereocenters. The van der Waals surface area contributed by atoms with Crippen LogP contribution in [0.4, 0.5) is 5.69 Å². The molecule has 7 heteroatoms. The smallest absolute Gasteiger partial charge is 0.289 e. The largest absolute Gasteiger partial charge is 0.443 e. The van der Waals surface area contributed by atoms with Crippen molar-refractivity contribution in [3.05, 3.63) is 124 Å². The van der Waals surface area contributed by atoms with E-state index in [0.717, 1.165) is 36.2 Å². The van der Waals surface area contributed by atoms with Gasteiger partial charge < -0.3 is 20.0 Å². The van der Waals surface area contributed by atoms with Crippen molar-refractivity contribution < 1.29 is 18.8 Å². The Hall–Kier alpha value is -5.09. The predicted molar refractivity (Wildman–Crippen MR) is 156 cm³/mol. The molecular weight excluding hydrogens is 514 g/mol. The minimum atomic E-state index is -0.278. The topological polar surface area (TPSA) is 91.7 Å². The summed E-state index contributed by atoms with van der Waals surface area (Å²) in [5, 5.41) is 6.48. The molecule has 6 rings (SSSR count). The van der Waals surface area contributed by atoms with Gasteiger partial charge in [0.05, 0.1) is 0 Å². The van der Waals surface area contributed by atoms with E-state index in [9.17, 15) is 14.4 Å². The molecule has 1 aromatic heterocycles. The Labute approximate surface area is 238 Å². The van der Waals surface area contributed by atoms with E-state index in [2.05, 4.69) is 34.6 Å². The third-order valence-corrected chi connectivity index (χ3v) is 7.99. The summed E-state index contributed by atoms with van der Waals surface area (Å²) in [4.78, 5) is 39.1. The van der Waals surface area contributed by atoms with Crippen LogP contribution in [0.5, 0.6) is 0 Å². The SMILES string of the molecule is O=Cc1ccccc1C(=O)NCc1ccc2c(c1)C1(CCN(C(=O)c3ccc(C#Cc4ccccc4)o3)CC1)CN2. The quantitative estimate of drug-likeness (QED) is 0.272. The first-order chi connectivity index (χ1) is 20.0. The molecule has 0 bridgehead atoms. The zero-order valence-electron chi connectivity index (χ0n) is 22.5. The van der Waals surface area contributed by atoms with Gasteiger partial charge in [0.2, 0.25) is 0 Å². The number of carbonyl (C=O) groups excluding carboxylic acids is 3. The van der Waals surface area contributed by atoms with Crippen molar-refractivity contribution in [3.63, 3.8) is 0 Å². The van der Waals surface area contributed by atoms with E-state index in [0.29, 0.717) is 48.6 Å². The predicted octanol–water partition coefficient (Wildman–Crippen LogP) is 5.02. The molecule has 2 aliphatic heterocycles. The van der Waals surface area contributed by atoms with E-state index in [1.54, 1.807) is 36.4 Å². The van der Waals surface area contributed by atoms with Gasteiger partial charge in [-0.1, -0.05) is 54.5 Å². The van der Waals surface area contributed by atoms with E-state index in [1.807, 2.05) is 41.3 Å². The Morgan fingerprint density at radius 2 is 1.73 bits per heavy atom. The Bertz CT molecular complexity index is 1670. The molecule has 4 aromatic rings. The highest BCUT2D eigenvalue weighted by atomic mass is 16.3. The third-order valence-electron chi connectivity index (χ3n) is 7.99. The minimum Gasteiger partial charge on any atom is -0.443 e. The summed E-state index contributed by atoms with van der Waals surface area (Å²) in [5.74, 6) is 6.42. The Balaban J connectivity index is 1.10. The van der Waals surface area contributed by atoms with E-state index >= 15 is 0 Å². The lowest BCUT2D eigenvalue weighted by molar-refractivity contribution is 0.0643. The first-order valence-electron chi connectivity index (χ1n) is 13.7. The highest BCUT2D eigenvalue weighted by molar-refractivity contribution is 6.01. The van der Waals surface area contributed by atoms with Crippen molar-refractivity contribution in [1.29, 1.82) is 0 Å². The van der Waals surface area contributed by atoms with Crippen molar-refractivity contribution >= 4 is 23.8 Å². The van der Waals surface area contributed by atoms with Crippen LogP contribution in [0.2, 0.25) is 0 Å². The molecule has 2 aliphatic rings. The van der Waals surface area contributed by atoms with Crippen LogP contribution < -0.4 is 10.6 Å². The number of furan rings is 1. The lowest BCUT2D eigenvalue weighted by Crippen LogP contribution is -2.46. The van der Waals surface area contributed by atoms with Crippen molar-refractivity contribution in [3.8, 4) is 11.8 Å². The summed E-state index contributed by atoms with van der Waals surface area (Å²) >= 11 is 0. The maximum Gasteiger partial charge on any atom is 0.289 e. The van der Waals surface area contributed by atoms with Gasteiger partial charge in [0.25, 0.3) is 11.8 Å². The number of benzene rings is 3. The second kappa shape index (κ2) is 11.2. The number of carbonyl (C=O) groups is 3. The summed E-state index contributed by atoms with van der Waals surface area (Å²) in [5.41, 5.74) is 4.85. The average Bonchev–Trinajstić information content (AvgIpc) is 3.64. The number of hydrogen-bond donors (Lipinski definition) is 2. The van der Waals surface area contributed by atoms with Gasteiger partial charge in [0.1, 0.15) is 0 Å². The molecule has 2 amide bonds. The lowest BCUT2D eigenvalue weighted by atomic mass is 9.74. The van der Waals surface area contributed by atoms with Gasteiger partial charge >= 0.3 is 0 Å². The standard InChI is InChI=1S/C34H29N3O4/c38-22-26-8-4-5-9-28(26)32(39)35-21-25-11-14-30-29(20-25)34(23-36-30)16-18-37(19-17-34)33(40)31-15-13-27(41-31)12-10-24-6-2-1-3-7-24/h1-9,11,13-15,20,22,36H,16-19,21,23H2,(H,35,39). The Kier molecular flexibility index (Phi) is 7.13. The summed E-state index contributed by atoms with van der Waals surface area (Å²) in [6.45, 7) is 2.41. The molecule has 1 spiro atoms. The summed E-state index contributed by atoms with van der Waals surface area (Å²) < 4.78 is 5.77. The molecule has 2 N–H and O–H groups in total. The summed E-state index contributed by atoms with van der Waals surface area (Å²) in [6.07, 6.45) is 2.34. The van der Waals surface area contributed by atoms with Crippen LogP contribution in [0.1, 0.15) is 66.6 Å². The zero-order chi connectivity index (χ0) is 28.2. The first-order valence-corrected chi connectivity index (χ1v) is 13.7. The van der Waals surface area contributed by atoms with Crippen molar-refractivity contribution in [2.24, 2.45) is 0 Å². The number of fused-ring (bicyclic) bond motifs is 2. The number of nitrogens with one attached hydrogen (secondary N) is 2. The molecule has 1 saturated heterocycles. The number of likely N-dealkylation sites (tertiary alicyclic amines) is 1. The number of anilines is 1. The molecule has 7 nitrogen and oxygen atoms in total. The fourth-order valence-electron chi connectivity index (χ4n) is 5.65. The zero-order valence-corrected chi connectivity index (χ0v) is 22.5. The van der Waals surface area contributed by atoms with Gasteiger partial charge in [-0.3, -0.25) is 14.4 Å². The van der Waals surface area contributed by atoms with E-state index in [-0.39, 0.29) is 17.2 Å². The maximum atomic E-state index is 13.2. The molecule has 0 atom stereocenters. The normalized spacial score (nSPS) is 14.9. The minimum absolute atomic E-state index is 0.0776. The molecular formula is C34H29N3O4. The molecule has 3 aromatic carbocycles. The third kappa shape index (κ3) is 5.37. The molecule has 41 heavy (non-hydrogen) atoms. The second-order valence-corrected chi connectivity index (χ2v) is 10.5. The number of aldehydes is 1. The van der Waals surface area contributed by atoms with Crippen LogP contribution in [0.15, 0.2) is 89.3 Å². The number of rotatable bonds is 5. The Morgan fingerprint density at radius 3 is 2.54 bits per heavy atom. The van der Waals surface area contributed by atoms with Gasteiger partial charge in [0, 0.05) is 54.0 Å². The van der Waals surface area contributed by atoms with Crippen LogP contribution in [0, 0.1) is 11.8 Å². The van der Waals surface area contributed by atoms with Gasteiger partial charge in [-0.25, -0.2) is 0 Å². The number of hydrogen-bond acceptors (Lipinski definition) is 5. The average molecular weight is 544 g/mol. The van der Waals surface area contributed by atoms with Crippen molar-refractivity contribution in [2.75, 3.05) is 25.0 Å². The molecule has 3 heterocycles. The van der Waals surface area contributed by atoms with Crippen LogP contribution >= 0.6 is 0 Å². The molecule has 0 radical (unpaired) electrons. The van der Waals surface area contributed by atoms with E-state index in [1.165, 1.54) is 5.56 Å². The second-order valence-electron chi connectivity index (χ2n) is 10.5. The first kappa shape index (κ1) is 26.1. The van der Waals surface area contributed by atoms with Crippen molar-refractivity contribution in [2.45, 2.75) is 24.8 Å². The summed E-state index contributed by atoms with van der Waals surface area (Å²) in [7, 11) is 0. The van der Waals surface area contributed by atoms with E-state index < -0.39 is 0 Å². The highest BCUT2D eigenvalue weighted by Gasteiger charge is 2.42. The van der Waals surface area contributed by atoms with Crippen LogP contribution in [-0.4, -0.2) is 42.6 Å². The van der Waals surface area contributed by atoms with Gasteiger partial charge in [0.15, 0.2) is 17.8 Å². The fraction of sp³-hybridized carbons (Fsp3) is 0.206. The molecule has 0 saturated carbocycles. The van der Waals surface area contributed by atoms with Gasteiger partial charge in [-0.15, -0.1) is 0 Å².